The molecule has 0 aliphatic rings. The van der Waals surface area contributed by atoms with Crippen molar-refractivity contribution in [1.82, 2.24) is 0 Å². The highest BCUT2D eigenvalue weighted by atomic mass is 35.5. The molecule has 0 bridgehead atoms. The molecular weight excluding hydrogens is 671 g/mol. The fraction of sp³-hybridized carbons (Fsp3) is 1.00. The van der Waals surface area contributed by atoms with Crippen molar-refractivity contribution in [2.24, 2.45) is 59.2 Å². The van der Waals surface area contributed by atoms with Gasteiger partial charge in [-0.3, -0.25) is 0 Å². The lowest BCUT2D eigenvalue weighted by Crippen LogP contribution is -2.27. The smallest absolute Gasteiger partial charge is 0.160 e. The van der Waals surface area contributed by atoms with Crippen LogP contribution in [0.3, 0.4) is 0 Å². The van der Waals surface area contributed by atoms with Crippen LogP contribution >= 0.6 is 23.2 Å². The molecule has 0 saturated heterocycles. The second-order valence-electron chi connectivity index (χ2n) is 18.7. The minimum Gasteiger partial charge on any atom is -0.353 e. The number of alkyl halides is 2. The Kier molecular flexibility index (Phi) is 30.9. The van der Waals surface area contributed by atoms with Crippen molar-refractivity contribution in [3.05, 3.63) is 0 Å². The maximum atomic E-state index is 6.47. The Bertz CT molecular complexity index is 716. The van der Waals surface area contributed by atoms with E-state index in [0.29, 0.717) is 13.2 Å². The summed E-state index contributed by atoms with van der Waals surface area (Å²) in [6.45, 7) is 34.1. The fourth-order valence-corrected chi connectivity index (χ4v) is 10.4. The molecule has 0 aromatic heterocycles. The summed E-state index contributed by atoms with van der Waals surface area (Å²) in [7, 11) is 0. The Morgan fingerprint density at radius 1 is 0.333 bits per heavy atom. The van der Waals surface area contributed by atoms with Gasteiger partial charge in [0.15, 0.2) is 12.6 Å². The molecule has 308 valence electrons. The zero-order chi connectivity index (χ0) is 38.9. The summed E-state index contributed by atoms with van der Waals surface area (Å²) < 4.78 is 18.6. The third-order valence-corrected chi connectivity index (χ3v) is 11.5. The minimum absolute atomic E-state index is 0.176. The van der Waals surface area contributed by atoms with E-state index >= 15 is 0 Å². The van der Waals surface area contributed by atoms with E-state index in [1.165, 1.54) is 64.2 Å². The summed E-state index contributed by atoms with van der Waals surface area (Å²) in [4.78, 5) is 0. The van der Waals surface area contributed by atoms with Crippen molar-refractivity contribution in [3.63, 3.8) is 0 Å². The Balaban J connectivity index is 4.53. The van der Waals surface area contributed by atoms with E-state index in [-0.39, 0.29) is 23.3 Å². The molecular formula is C46H92Cl2O3. The lowest BCUT2D eigenvalue weighted by atomic mass is 9.82. The highest BCUT2D eigenvalue weighted by Gasteiger charge is 2.21. The largest absolute Gasteiger partial charge is 0.353 e. The first-order chi connectivity index (χ1) is 23.9. The number of hydrogen-bond acceptors (Lipinski definition) is 3. The zero-order valence-corrected chi connectivity index (χ0v) is 38.3. The summed E-state index contributed by atoms with van der Waals surface area (Å²) in [5, 5.41) is 0.574. The number of hydrogen-bond donors (Lipinski definition) is 0. The maximum absolute atomic E-state index is 6.47. The van der Waals surface area contributed by atoms with Crippen molar-refractivity contribution in [2.45, 2.75) is 223 Å². The quantitative estimate of drug-likeness (QED) is 0.0483. The average Bonchev–Trinajstić information content (AvgIpc) is 2.95. The van der Waals surface area contributed by atoms with E-state index in [0.717, 1.165) is 97.7 Å². The third kappa shape index (κ3) is 30.4. The van der Waals surface area contributed by atoms with Gasteiger partial charge < -0.3 is 14.2 Å². The molecule has 3 nitrogen and oxygen atoms in total. The highest BCUT2D eigenvalue weighted by molar-refractivity contribution is 6.20. The number of halogens is 2. The summed E-state index contributed by atoms with van der Waals surface area (Å²) in [5.41, 5.74) is 0. The Labute approximate surface area is 331 Å². The van der Waals surface area contributed by atoms with Gasteiger partial charge in [-0.1, -0.05) is 82.1 Å². The predicted octanol–water partition coefficient (Wildman–Crippen LogP) is 15.6. The van der Waals surface area contributed by atoms with Gasteiger partial charge in [0.2, 0.25) is 0 Å². The first-order valence-corrected chi connectivity index (χ1v) is 23.0. The SMILES string of the molecule is CCOC(CCCC(C)CC(C)CC(C)CC(C)CC(C)CC(C)Cl)OC(CCCC(C)CC(C)CC(C)CC(C)CC(C)CC(C)Cl)OCC. The molecule has 0 aromatic rings. The van der Waals surface area contributed by atoms with E-state index in [1.807, 2.05) is 0 Å². The molecule has 0 fully saturated rings. The van der Waals surface area contributed by atoms with E-state index < -0.39 is 0 Å². The maximum Gasteiger partial charge on any atom is 0.160 e. The van der Waals surface area contributed by atoms with Crippen LogP contribution in [0.15, 0.2) is 0 Å². The van der Waals surface area contributed by atoms with Gasteiger partial charge in [-0.25, -0.2) is 0 Å². The molecule has 14 atom stereocenters. The van der Waals surface area contributed by atoms with Gasteiger partial charge in [-0.05, 0) is 177 Å². The van der Waals surface area contributed by atoms with Gasteiger partial charge >= 0.3 is 0 Å². The van der Waals surface area contributed by atoms with E-state index in [2.05, 4.69) is 96.9 Å². The van der Waals surface area contributed by atoms with Crippen LogP contribution in [0.2, 0.25) is 0 Å². The molecule has 0 N–H and O–H groups in total. The lowest BCUT2D eigenvalue weighted by molar-refractivity contribution is -0.247. The Morgan fingerprint density at radius 2 is 0.569 bits per heavy atom. The molecule has 0 aliphatic carbocycles. The Hall–Kier alpha value is 0.460. The zero-order valence-electron chi connectivity index (χ0n) is 36.8. The molecule has 5 heteroatoms. The van der Waals surface area contributed by atoms with Crippen LogP contribution in [-0.2, 0) is 14.2 Å². The highest BCUT2D eigenvalue weighted by Crippen LogP contribution is 2.31. The van der Waals surface area contributed by atoms with Gasteiger partial charge in [-0.2, -0.15) is 0 Å². The van der Waals surface area contributed by atoms with E-state index in [1.54, 1.807) is 0 Å². The molecule has 0 amide bonds. The van der Waals surface area contributed by atoms with Crippen molar-refractivity contribution < 1.29 is 14.2 Å². The average molecular weight is 764 g/mol. The molecule has 0 saturated carbocycles. The summed E-state index contributed by atoms with van der Waals surface area (Å²) in [6, 6.07) is 0. The molecule has 0 spiro atoms. The molecule has 0 heterocycles. The minimum atomic E-state index is -0.176. The summed E-state index contributed by atoms with van der Waals surface area (Å²) in [5.74, 6) is 7.56. The van der Waals surface area contributed by atoms with Crippen molar-refractivity contribution >= 4 is 23.2 Å². The lowest BCUT2D eigenvalue weighted by Gasteiger charge is -2.26. The van der Waals surface area contributed by atoms with Gasteiger partial charge in [0.05, 0.1) is 0 Å². The monoisotopic (exact) mass is 763 g/mol. The first kappa shape index (κ1) is 51.5. The summed E-state index contributed by atoms with van der Waals surface area (Å²) in [6.07, 6.45) is 19.1. The van der Waals surface area contributed by atoms with Gasteiger partial charge in [0, 0.05) is 24.0 Å². The van der Waals surface area contributed by atoms with Crippen LogP contribution in [0.1, 0.15) is 200 Å². The first-order valence-electron chi connectivity index (χ1n) is 22.1. The van der Waals surface area contributed by atoms with Crippen LogP contribution in [0.4, 0.5) is 0 Å². The number of ether oxygens (including phenoxy) is 3. The topological polar surface area (TPSA) is 27.7 Å². The van der Waals surface area contributed by atoms with Gasteiger partial charge in [-0.15, -0.1) is 23.2 Å². The predicted molar refractivity (Wildman–Crippen MR) is 228 cm³/mol. The van der Waals surface area contributed by atoms with Crippen molar-refractivity contribution in [3.8, 4) is 0 Å². The van der Waals surface area contributed by atoms with Gasteiger partial charge in [0.25, 0.3) is 0 Å². The van der Waals surface area contributed by atoms with Gasteiger partial charge in [0.1, 0.15) is 0 Å². The molecule has 51 heavy (non-hydrogen) atoms. The van der Waals surface area contributed by atoms with E-state index in [4.69, 9.17) is 37.4 Å². The second kappa shape index (κ2) is 30.7. The third-order valence-electron chi connectivity index (χ3n) is 11.2. The normalized spacial score (nSPS) is 20.7. The molecule has 0 aromatic carbocycles. The second-order valence-corrected chi connectivity index (χ2v) is 20.2. The van der Waals surface area contributed by atoms with Crippen LogP contribution in [0.5, 0.6) is 0 Å². The molecule has 14 unspecified atom stereocenters. The Morgan fingerprint density at radius 3 is 0.804 bits per heavy atom. The van der Waals surface area contributed by atoms with Crippen molar-refractivity contribution in [2.75, 3.05) is 13.2 Å². The molecule has 0 radical (unpaired) electrons. The molecule has 0 rings (SSSR count). The van der Waals surface area contributed by atoms with Crippen LogP contribution in [-0.4, -0.2) is 36.5 Å². The van der Waals surface area contributed by atoms with Crippen molar-refractivity contribution in [1.29, 1.82) is 0 Å². The van der Waals surface area contributed by atoms with Crippen LogP contribution in [0.25, 0.3) is 0 Å². The fourth-order valence-electron chi connectivity index (χ4n) is 9.80. The van der Waals surface area contributed by atoms with Crippen LogP contribution in [0, 0.1) is 59.2 Å². The van der Waals surface area contributed by atoms with Crippen LogP contribution < -0.4 is 0 Å². The number of rotatable bonds is 34. The standard InChI is InChI=1S/C46H92Cl2O3/c1-15-49-45(21-17-19-33(3)23-35(5)25-37(7)27-39(9)29-41(11)31-43(13)47)51-46(50-16-2)22-18-20-34(4)24-36(6)26-38(8)28-40(10)30-42(12)32-44(14)48/h33-46H,15-32H2,1-14H3. The van der Waals surface area contributed by atoms with E-state index in [9.17, 15) is 0 Å². The molecule has 0 aliphatic heterocycles. The summed E-state index contributed by atoms with van der Waals surface area (Å²) >= 11 is 12.5.